The molecule has 0 bridgehead atoms. The molecule has 1 heterocycles. The van der Waals surface area contributed by atoms with Gasteiger partial charge < -0.3 is 20.3 Å². The first kappa shape index (κ1) is 22.6. The van der Waals surface area contributed by atoms with Crippen molar-refractivity contribution in [2.45, 2.75) is 26.7 Å². The fourth-order valence-electron chi connectivity index (χ4n) is 3.26. The van der Waals surface area contributed by atoms with Gasteiger partial charge in [0.05, 0.1) is 5.92 Å². The molecule has 0 radical (unpaired) electrons. The van der Waals surface area contributed by atoms with Gasteiger partial charge in [0.1, 0.15) is 5.75 Å². The molecule has 0 spiro atoms. The zero-order valence-corrected chi connectivity index (χ0v) is 18.4. The average molecular weight is 444 g/mol. The number of nitrogens with one attached hydrogen (secondary N) is 2. The maximum atomic E-state index is 12.3. The van der Waals surface area contributed by atoms with Gasteiger partial charge in [-0.2, -0.15) is 0 Å². The number of rotatable bonds is 8. The highest BCUT2D eigenvalue weighted by atomic mass is 35.5. The molecular formula is C23H26ClN3O4. The van der Waals surface area contributed by atoms with Gasteiger partial charge in [0.15, 0.2) is 6.61 Å². The van der Waals surface area contributed by atoms with E-state index in [-0.39, 0.29) is 36.7 Å². The van der Waals surface area contributed by atoms with Gasteiger partial charge in [0.2, 0.25) is 11.8 Å². The van der Waals surface area contributed by atoms with Crippen LogP contribution in [0.25, 0.3) is 0 Å². The van der Waals surface area contributed by atoms with Crippen molar-refractivity contribution in [3.63, 3.8) is 0 Å². The van der Waals surface area contributed by atoms with E-state index in [9.17, 15) is 14.4 Å². The van der Waals surface area contributed by atoms with Gasteiger partial charge in [-0.3, -0.25) is 14.4 Å². The van der Waals surface area contributed by atoms with Gasteiger partial charge in [0, 0.05) is 35.9 Å². The van der Waals surface area contributed by atoms with Crippen molar-refractivity contribution in [1.82, 2.24) is 5.32 Å². The van der Waals surface area contributed by atoms with E-state index in [2.05, 4.69) is 10.6 Å². The number of carbonyl (C=O) groups is 3. The van der Waals surface area contributed by atoms with Crippen LogP contribution in [0, 0.1) is 12.8 Å². The summed E-state index contributed by atoms with van der Waals surface area (Å²) in [6.07, 6.45) is 1.06. The molecule has 164 valence electrons. The molecule has 0 aliphatic carbocycles. The van der Waals surface area contributed by atoms with Crippen LogP contribution < -0.4 is 20.3 Å². The molecule has 2 aromatic carbocycles. The van der Waals surface area contributed by atoms with Crippen LogP contribution in [-0.4, -0.2) is 37.4 Å². The number of ether oxygens (including phenoxy) is 1. The molecule has 2 N–H and O–H groups in total. The lowest BCUT2D eigenvalue weighted by atomic mass is 10.1. The third-order valence-electron chi connectivity index (χ3n) is 5.02. The molecule has 0 saturated carbocycles. The normalized spacial score (nSPS) is 15.6. The van der Waals surface area contributed by atoms with Crippen molar-refractivity contribution in [2.75, 3.05) is 29.9 Å². The van der Waals surface area contributed by atoms with Crippen LogP contribution in [0.4, 0.5) is 11.4 Å². The highest BCUT2D eigenvalue weighted by Crippen LogP contribution is 2.27. The van der Waals surface area contributed by atoms with Crippen molar-refractivity contribution in [3.8, 4) is 5.75 Å². The third kappa shape index (κ3) is 5.98. The predicted octanol–water partition coefficient (Wildman–Crippen LogP) is 3.55. The monoisotopic (exact) mass is 443 g/mol. The van der Waals surface area contributed by atoms with Crippen molar-refractivity contribution in [1.29, 1.82) is 0 Å². The zero-order valence-electron chi connectivity index (χ0n) is 17.6. The predicted molar refractivity (Wildman–Crippen MR) is 121 cm³/mol. The Morgan fingerprint density at radius 1 is 1.19 bits per heavy atom. The van der Waals surface area contributed by atoms with Gasteiger partial charge in [-0.05, 0) is 55.3 Å². The van der Waals surface area contributed by atoms with Crippen LogP contribution in [0.5, 0.6) is 5.75 Å². The Morgan fingerprint density at radius 2 is 1.94 bits per heavy atom. The summed E-state index contributed by atoms with van der Waals surface area (Å²) >= 11 is 6.07. The van der Waals surface area contributed by atoms with Crippen LogP contribution in [0.15, 0.2) is 42.5 Å². The molecule has 3 rings (SSSR count). The first-order valence-corrected chi connectivity index (χ1v) is 10.6. The number of halogens is 1. The number of carbonyl (C=O) groups excluding carboxylic acids is 3. The second-order valence-corrected chi connectivity index (χ2v) is 7.90. The topological polar surface area (TPSA) is 87.7 Å². The Morgan fingerprint density at radius 3 is 2.61 bits per heavy atom. The fourth-order valence-corrected chi connectivity index (χ4v) is 3.44. The molecule has 2 aromatic rings. The van der Waals surface area contributed by atoms with Crippen molar-refractivity contribution >= 4 is 40.7 Å². The number of benzene rings is 2. The molecular weight excluding hydrogens is 418 g/mol. The largest absolute Gasteiger partial charge is 0.484 e. The number of amides is 3. The lowest BCUT2D eigenvalue weighted by Crippen LogP contribution is -2.33. The van der Waals surface area contributed by atoms with Gasteiger partial charge in [-0.15, -0.1) is 0 Å². The van der Waals surface area contributed by atoms with Crippen LogP contribution in [0.3, 0.4) is 0 Å². The van der Waals surface area contributed by atoms with E-state index < -0.39 is 0 Å². The molecule has 1 aliphatic heterocycles. The lowest BCUT2D eigenvalue weighted by Gasteiger charge is -2.17. The van der Waals surface area contributed by atoms with Crippen LogP contribution in [0.1, 0.15) is 25.3 Å². The molecule has 0 unspecified atom stereocenters. The standard InChI is InChI=1S/C23H26ClN3O4/c1-3-10-25-23(30)16-11-22(29)27(13-16)18-6-8-19(9-7-18)31-14-21(28)26-17-5-4-15(2)20(24)12-17/h4-9,12,16H,3,10-11,13-14H2,1-2H3,(H,25,30)(H,26,28)/t16-/m0/s1. The molecule has 1 atom stereocenters. The molecule has 0 aromatic heterocycles. The number of aryl methyl sites for hydroxylation is 1. The Labute approximate surface area is 186 Å². The zero-order chi connectivity index (χ0) is 22.4. The Bertz CT molecular complexity index is 962. The van der Waals surface area contributed by atoms with Gasteiger partial charge >= 0.3 is 0 Å². The summed E-state index contributed by atoms with van der Waals surface area (Å²) in [6, 6.07) is 12.2. The van der Waals surface area contributed by atoms with Gasteiger partial charge in [-0.25, -0.2) is 0 Å². The molecule has 1 saturated heterocycles. The molecule has 3 amide bonds. The Balaban J connectivity index is 1.52. The van der Waals surface area contributed by atoms with Gasteiger partial charge in [0.25, 0.3) is 5.91 Å². The number of nitrogens with zero attached hydrogens (tertiary/aromatic N) is 1. The van der Waals surface area contributed by atoms with Crippen LogP contribution in [-0.2, 0) is 14.4 Å². The van der Waals surface area contributed by atoms with Crippen LogP contribution >= 0.6 is 11.6 Å². The molecule has 7 nitrogen and oxygen atoms in total. The maximum absolute atomic E-state index is 12.3. The first-order valence-electron chi connectivity index (χ1n) is 10.2. The Hall–Kier alpha value is -3.06. The minimum atomic E-state index is -0.339. The molecule has 1 fully saturated rings. The summed E-state index contributed by atoms with van der Waals surface area (Å²) in [6.45, 7) is 4.68. The lowest BCUT2D eigenvalue weighted by molar-refractivity contribution is -0.126. The van der Waals surface area contributed by atoms with Crippen molar-refractivity contribution in [2.24, 2.45) is 5.92 Å². The number of hydrogen-bond donors (Lipinski definition) is 2. The minimum absolute atomic E-state index is 0.0820. The highest BCUT2D eigenvalue weighted by molar-refractivity contribution is 6.31. The minimum Gasteiger partial charge on any atom is -0.484 e. The summed E-state index contributed by atoms with van der Waals surface area (Å²) in [4.78, 5) is 38.2. The molecule has 8 heteroatoms. The number of hydrogen-bond acceptors (Lipinski definition) is 4. The summed E-state index contributed by atoms with van der Waals surface area (Å²) in [5, 5.41) is 6.16. The summed E-state index contributed by atoms with van der Waals surface area (Å²) in [7, 11) is 0. The second-order valence-electron chi connectivity index (χ2n) is 7.49. The first-order chi connectivity index (χ1) is 14.9. The fraction of sp³-hybridized carbons (Fsp3) is 0.348. The van der Waals surface area contributed by atoms with E-state index in [4.69, 9.17) is 16.3 Å². The van der Waals surface area contributed by atoms with E-state index in [1.165, 1.54) is 0 Å². The van der Waals surface area contributed by atoms with E-state index in [0.29, 0.717) is 35.2 Å². The average Bonchev–Trinajstić information content (AvgIpc) is 3.15. The summed E-state index contributed by atoms with van der Waals surface area (Å²) in [5.74, 6) is -0.307. The highest BCUT2D eigenvalue weighted by Gasteiger charge is 2.34. The van der Waals surface area contributed by atoms with E-state index in [1.54, 1.807) is 41.3 Å². The summed E-state index contributed by atoms with van der Waals surface area (Å²) in [5.41, 5.74) is 2.23. The number of anilines is 2. The molecule has 31 heavy (non-hydrogen) atoms. The van der Waals surface area contributed by atoms with E-state index >= 15 is 0 Å². The second kappa shape index (κ2) is 10.3. The smallest absolute Gasteiger partial charge is 0.262 e. The SMILES string of the molecule is CCCNC(=O)[C@H]1CC(=O)N(c2ccc(OCC(=O)Nc3ccc(C)c(Cl)c3)cc2)C1. The van der Waals surface area contributed by atoms with Crippen molar-refractivity contribution < 1.29 is 19.1 Å². The summed E-state index contributed by atoms with van der Waals surface area (Å²) < 4.78 is 5.53. The van der Waals surface area contributed by atoms with Crippen molar-refractivity contribution in [3.05, 3.63) is 53.1 Å². The van der Waals surface area contributed by atoms with E-state index in [0.717, 1.165) is 12.0 Å². The molecule has 1 aliphatic rings. The van der Waals surface area contributed by atoms with Gasteiger partial charge in [-0.1, -0.05) is 24.6 Å². The maximum Gasteiger partial charge on any atom is 0.262 e. The quantitative estimate of drug-likeness (QED) is 0.653. The van der Waals surface area contributed by atoms with Crippen LogP contribution in [0.2, 0.25) is 5.02 Å². The Kier molecular flexibility index (Phi) is 7.52. The van der Waals surface area contributed by atoms with E-state index in [1.807, 2.05) is 19.9 Å². The third-order valence-corrected chi connectivity index (χ3v) is 5.43.